The number of nitro benzene ring substituents is 1. The molecule has 1 aliphatic rings. The Kier molecular flexibility index (Phi) is 11.9. The molecule has 246 valence electrons. The van der Waals surface area contributed by atoms with Gasteiger partial charge in [0, 0.05) is 41.2 Å². The number of ether oxygens (including phenoxy) is 1. The molecule has 46 heavy (non-hydrogen) atoms. The maximum absolute atomic E-state index is 14.4. The topological polar surface area (TPSA) is 139 Å². The molecular weight excluding hydrogens is 655 g/mol. The Morgan fingerprint density at radius 3 is 2.35 bits per heavy atom. The zero-order valence-electron chi connectivity index (χ0n) is 25.5. The number of anilines is 1. The highest BCUT2D eigenvalue weighted by Crippen LogP contribution is 2.34. The third-order valence-corrected chi connectivity index (χ3v) is 9.61. The molecule has 2 amide bonds. The van der Waals surface area contributed by atoms with Gasteiger partial charge in [0.05, 0.1) is 18.3 Å². The number of hydrogen-bond donors (Lipinski definition) is 1. The molecule has 1 N–H and O–H groups in total. The second-order valence-corrected chi connectivity index (χ2v) is 13.9. The van der Waals surface area contributed by atoms with Gasteiger partial charge in [0.15, 0.2) is 0 Å². The average Bonchev–Trinajstić information content (AvgIpc) is 3.02. The second-order valence-electron chi connectivity index (χ2n) is 11.2. The van der Waals surface area contributed by atoms with Gasteiger partial charge in [-0.1, -0.05) is 78.9 Å². The van der Waals surface area contributed by atoms with E-state index in [0.717, 1.165) is 54.3 Å². The van der Waals surface area contributed by atoms with E-state index in [-0.39, 0.29) is 41.4 Å². The molecule has 0 saturated heterocycles. The smallest absolute Gasteiger partial charge is 0.271 e. The van der Waals surface area contributed by atoms with Crippen LogP contribution in [0.1, 0.15) is 43.2 Å². The summed E-state index contributed by atoms with van der Waals surface area (Å²) in [4.78, 5) is 40.7. The SMILES string of the molecule is COc1ccc([N+](=O)[O-])cc1N(CC(=O)N(Cc1ccc(Cl)cc1Cl)C(Cc1ccccc1)C(=O)NC1CCCCC1)S(C)(=O)=O. The monoisotopic (exact) mass is 690 g/mol. The van der Waals surface area contributed by atoms with Crippen LogP contribution in [0, 0.1) is 10.1 Å². The molecule has 11 nitrogen and oxygen atoms in total. The van der Waals surface area contributed by atoms with E-state index in [4.69, 9.17) is 27.9 Å². The van der Waals surface area contributed by atoms with Crippen LogP contribution in [0.2, 0.25) is 10.0 Å². The fourth-order valence-electron chi connectivity index (χ4n) is 5.51. The van der Waals surface area contributed by atoms with Crippen LogP contribution in [-0.4, -0.2) is 62.0 Å². The predicted molar refractivity (Wildman–Crippen MR) is 178 cm³/mol. The van der Waals surface area contributed by atoms with Gasteiger partial charge in [0.25, 0.3) is 5.69 Å². The van der Waals surface area contributed by atoms with Gasteiger partial charge in [-0.05, 0) is 42.2 Å². The van der Waals surface area contributed by atoms with Crippen LogP contribution in [0.3, 0.4) is 0 Å². The van der Waals surface area contributed by atoms with Crippen molar-refractivity contribution in [3.8, 4) is 5.75 Å². The lowest BCUT2D eigenvalue weighted by Crippen LogP contribution is -2.55. The number of non-ortho nitro benzene ring substituents is 1. The fourth-order valence-corrected chi connectivity index (χ4v) is 6.83. The van der Waals surface area contributed by atoms with Gasteiger partial charge in [-0.25, -0.2) is 8.42 Å². The van der Waals surface area contributed by atoms with Crippen molar-refractivity contribution < 1.29 is 27.7 Å². The minimum atomic E-state index is -4.20. The number of rotatable bonds is 13. The maximum atomic E-state index is 14.4. The summed E-state index contributed by atoms with van der Waals surface area (Å²) in [6.07, 6.45) is 5.69. The molecule has 1 fully saturated rings. The van der Waals surface area contributed by atoms with Crippen LogP contribution in [0.15, 0.2) is 66.7 Å². The summed E-state index contributed by atoms with van der Waals surface area (Å²) in [7, 11) is -2.91. The quantitative estimate of drug-likeness (QED) is 0.178. The molecule has 1 unspecified atom stereocenters. The summed E-state index contributed by atoms with van der Waals surface area (Å²) in [6, 6.07) is 16.3. The summed E-state index contributed by atoms with van der Waals surface area (Å²) in [5.41, 5.74) is 0.687. The summed E-state index contributed by atoms with van der Waals surface area (Å²) in [5, 5.41) is 15.3. The first-order valence-electron chi connectivity index (χ1n) is 14.7. The number of methoxy groups -OCH3 is 1. The first kappa shape index (κ1) is 35.0. The van der Waals surface area contributed by atoms with E-state index < -0.39 is 39.1 Å². The number of benzene rings is 3. The predicted octanol–water partition coefficient (Wildman–Crippen LogP) is 5.77. The van der Waals surface area contributed by atoms with E-state index in [0.29, 0.717) is 10.6 Å². The Morgan fingerprint density at radius 2 is 1.74 bits per heavy atom. The highest BCUT2D eigenvalue weighted by Gasteiger charge is 2.35. The molecule has 1 saturated carbocycles. The van der Waals surface area contributed by atoms with Crippen molar-refractivity contribution in [2.75, 3.05) is 24.2 Å². The van der Waals surface area contributed by atoms with E-state index in [1.807, 2.05) is 30.3 Å². The maximum Gasteiger partial charge on any atom is 0.271 e. The molecule has 1 atom stereocenters. The number of nitrogens with one attached hydrogen (secondary N) is 1. The van der Waals surface area contributed by atoms with Crippen LogP contribution in [-0.2, 0) is 32.6 Å². The van der Waals surface area contributed by atoms with Crippen molar-refractivity contribution in [2.24, 2.45) is 0 Å². The molecule has 0 aliphatic heterocycles. The number of halogens is 2. The molecular formula is C32H36Cl2N4O7S. The largest absolute Gasteiger partial charge is 0.495 e. The lowest BCUT2D eigenvalue weighted by molar-refractivity contribution is -0.384. The Labute approximate surface area is 278 Å². The van der Waals surface area contributed by atoms with Gasteiger partial charge in [-0.2, -0.15) is 0 Å². The lowest BCUT2D eigenvalue weighted by atomic mass is 9.94. The molecule has 0 heterocycles. The van der Waals surface area contributed by atoms with Gasteiger partial charge in [0.1, 0.15) is 24.0 Å². The average molecular weight is 692 g/mol. The van der Waals surface area contributed by atoms with Gasteiger partial charge in [-0.15, -0.1) is 0 Å². The number of carbonyl (C=O) groups excluding carboxylic acids is 2. The number of carbonyl (C=O) groups is 2. The molecule has 14 heteroatoms. The summed E-state index contributed by atoms with van der Waals surface area (Å²) >= 11 is 12.7. The van der Waals surface area contributed by atoms with Crippen molar-refractivity contribution in [3.63, 3.8) is 0 Å². The molecule has 0 radical (unpaired) electrons. The van der Waals surface area contributed by atoms with Crippen molar-refractivity contribution >= 4 is 56.4 Å². The molecule has 0 spiro atoms. The Morgan fingerprint density at radius 1 is 1.04 bits per heavy atom. The van der Waals surface area contributed by atoms with Crippen LogP contribution in [0.25, 0.3) is 0 Å². The molecule has 0 aromatic heterocycles. The minimum Gasteiger partial charge on any atom is -0.495 e. The third-order valence-electron chi connectivity index (χ3n) is 7.90. The molecule has 3 aromatic rings. The minimum absolute atomic E-state index is 0.00648. The normalized spacial score (nSPS) is 14.3. The number of hydrogen-bond acceptors (Lipinski definition) is 7. The Balaban J connectivity index is 1.80. The number of nitro groups is 1. The van der Waals surface area contributed by atoms with Crippen LogP contribution >= 0.6 is 23.2 Å². The highest BCUT2D eigenvalue weighted by molar-refractivity contribution is 7.92. The third kappa shape index (κ3) is 9.11. The van der Waals surface area contributed by atoms with E-state index in [1.165, 1.54) is 30.2 Å². The number of nitrogens with zero attached hydrogens (tertiary/aromatic N) is 3. The second kappa shape index (κ2) is 15.6. The Bertz CT molecular complexity index is 1670. The zero-order valence-corrected chi connectivity index (χ0v) is 27.9. The molecule has 3 aromatic carbocycles. The van der Waals surface area contributed by atoms with Gasteiger partial charge < -0.3 is 15.0 Å². The highest BCUT2D eigenvalue weighted by atomic mass is 35.5. The van der Waals surface area contributed by atoms with Crippen molar-refractivity contribution in [1.29, 1.82) is 0 Å². The van der Waals surface area contributed by atoms with Crippen molar-refractivity contribution in [3.05, 3.63) is 98.0 Å². The van der Waals surface area contributed by atoms with Crippen LogP contribution in [0.5, 0.6) is 5.75 Å². The van der Waals surface area contributed by atoms with Crippen molar-refractivity contribution in [1.82, 2.24) is 10.2 Å². The first-order valence-corrected chi connectivity index (χ1v) is 17.4. The summed E-state index contributed by atoms with van der Waals surface area (Å²) < 4.78 is 32.4. The summed E-state index contributed by atoms with van der Waals surface area (Å²) in [5.74, 6) is -1.11. The van der Waals surface area contributed by atoms with Crippen LogP contribution < -0.4 is 14.4 Å². The van der Waals surface area contributed by atoms with Gasteiger partial charge >= 0.3 is 0 Å². The Hall–Kier alpha value is -3.87. The number of amides is 2. The fraction of sp³-hybridized carbons (Fsp3) is 0.375. The van der Waals surface area contributed by atoms with E-state index >= 15 is 0 Å². The molecule has 0 bridgehead atoms. The zero-order chi connectivity index (χ0) is 33.4. The first-order chi connectivity index (χ1) is 21.9. The summed E-state index contributed by atoms with van der Waals surface area (Å²) in [6.45, 7) is -0.919. The molecule has 4 rings (SSSR count). The van der Waals surface area contributed by atoms with Crippen molar-refractivity contribution in [2.45, 2.75) is 57.2 Å². The van der Waals surface area contributed by atoms with Gasteiger partial charge in [-0.3, -0.25) is 24.0 Å². The number of sulfonamides is 1. The van der Waals surface area contributed by atoms with E-state index in [9.17, 15) is 28.1 Å². The standard InChI is InChI=1S/C32H36Cl2N4O7S/c1-45-30-16-15-26(38(41)42)19-28(30)37(46(2,43)44)21-31(39)36(20-23-13-14-24(33)18-27(23)34)29(17-22-9-5-3-6-10-22)32(40)35-25-11-7-4-8-12-25/h3,5-6,9-10,13-16,18-19,25,29H,4,7-8,11-12,17,20-21H2,1-2H3,(H,35,40). The van der Waals surface area contributed by atoms with Crippen LogP contribution in [0.4, 0.5) is 11.4 Å². The van der Waals surface area contributed by atoms with Gasteiger partial charge in [0.2, 0.25) is 21.8 Å². The van der Waals surface area contributed by atoms with E-state index in [2.05, 4.69) is 5.32 Å². The van der Waals surface area contributed by atoms with E-state index in [1.54, 1.807) is 12.1 Å². The lowest BCUT2D eigenvalue weighted by Gasteiger charge is -2.35. The molecule has 1 aliphatic carbocycles.